The van der Waals surface area contributed by atoms with Crippen LogP contribution in [0.4, 0.5) is 24.8 Å². The van der Waals surface area contributed by atoms with Crippen molar-refractivity contribution in [1.29, 1.82) is 0 Å². The smallest absolute Gasteiger partial charge is 0.423 e. The van der Waals surface area contributed by atoms with Crippen LogP contribution in [0.2, 0.25) is 0 Å². The largest absolute Gasteiger partial charge is 0.471 e. The second kappa shape index (κ2) is 11.0. The number of benzene rings is 1. The minimum absolute atomic E-state index is 0.0140. The molecule has 2 N–H and O–H groups in total. The number of hydrogen-bond donors (Lipinski definition) is 2. The maximum absolute atomic E-state index is 13.5. The fourth-order valence-electron chi connectivity index (χ4n) is 5.89. The Labute approximate surface area is 231 Å². The second-order valence-corrected chi connectivity index (χ2v) is 12.8. The number of nitrogens with zero attached hydrogens (tertiary/aromatic N) is 4. The molecule has 2 unspecified atom stereocenters. The van der Waals surface area contributed by atoms with Crippen LogP contribution in [-0.2, 0) is 20.9 Å². The first-order valence-corrected chi connectivity index (χ1v) is 15.2. The van der Waals surface area contributed by atoms with Crippen LogP contribution in [0.3, 0.4) is 0 Å². The molecule has 3 atom stereocenters. The maximum Gasteiger partial charge on any atom is 0.423 e. The summed E-state index contributed by atoms with van der Waals surface area (Å²) in [5.74, 6) is -0.516. The Morgan fingerprint density at radius 2 is 1.73 bits per heavy atom. The van der Waals surface area contributed by atoms with E-state index in [9.17, 15) is 21.6 Å². The van der Waals surface area contributed by atoms with Crippen molar-refractivity contribution < 1.29 is 31.1 Å². The van der Waals surface area contributed by atoms with Gasteiger partial charge in [-0.2, -0.15) is 22.5 Å². The third kappa shape index (κ3) is 5.85. The van der Waals surface area contributed by atoms with E-state index in [1.165, 1.54) is 17.1 Å². The highest BCUT2D eigenvalue weighted by molar-refractivity contribution is 7.89. The molecule has 5 heterocycles. The monoisotopic (exact) mass is 582 g/mol. The number of rotatable bonds is 7. The van der Waals surface area contributed by atoms with Gasteiger partial charge in [0.15, 0.2) is 0 Å². The normalized spacial score (nSPS) is 26.3. The van der Waals surface area contributed by atoms with Gasteiger partial charge < -0.3 is 25.0 Å². The molecule has 40 heavy (non-hydrogen) atoms. The average molecular weight is 583 g/mol. The minimum atomic E-state index is -4.66. The molecule has 0 saturated carbocycles. The van der Waals surface area contributed by atoms with Crippen molar-refractivity contribution in [2.75, 3.05) is 49.6 Å². The molecule has 0 amide bonds. The summed E-state index contributed by atoms with van der Waals surface area (Å²) in [6.07, 6.45) is -0.696. The van der Waals surface area contributed by atoms with E-state index in [0.29, 0.717) is 38.0 Å². The van der Waals surface area contributed by atoms with Gasteiger partial charge in [0.1, 0.15) is 11.7 Å². The first kappa shape index (κ1) is 27.5. The molecule has 14 heteroatoms. The number of hydrogen-bond acceptors (Lipinski definition) is 9. The summed E-state index contributed by atoms with van der Waals surface area (Å²) < 4.78 is 79.2. The number of alkyl halides is 3. The molecule has 4 fully saturated rings. The standard InChI is InChI=1S/C26H33F3N6O4S/c27-26(28,29)23-13-30-25(33-24(23)39-21-9-12-38-16-21)32-17-7-10-35(11-8-17)40(36,37)22-5-3-20(4-6-22)34-14-18-1-2-19(15-34)31-18/h3-6,13,17-19,21,31H,1-2,7-12,14-16H2,(H,30,32,33)/t18?,19?,21-/m0/s1. The van der Waals surface area contributed by atoms with Crippen LogP contribution in [0.25, 0.3) is 0 Å². The Hall–Kier alpha value is -2.68. The molecule has 4 aliphatic heterocycles. The van der Waals surface area contributed by atoms with Gasteiger partial charge in [-0.15, -0.1) is 0 Å². The molecule has 218 valence electrons. The quantitative estimate of drug-likeness (QED) is 0.510. The van der Waals surface area contributed by atoms with Crippen LogP contribution in [-0.4, -0.2) is 86.3 Å². The minimum Gasteiger partial charge on any atom is -0.471 e. The van der Waals surface area contributed by atoms with Gasteiger partial charge in [-0.05, 0) is 49.9 Å². The summed E-state index contributed by atoms with van der Waals surface area (Å²) in [5, 5.41) is 6.66. The van der Waals surface area contributed by atoms with E-state index in [2.05, 4.69) is 25.5 Å². The van der Waals surface area contributed by atoms with E-state index in [1.54, 1.807) is 12.1 Å². The molecule has 0 radical (unpaired) electrons. The van der Waals surface area contributed by atoms with Crippen LogP contribution in [0.5, 0.6) is 5.88 Å². The number of piperazine rings is 1. The number of halogens is 3. The summed E-state index contributed by atoms with van der Waals surface area (Å²) in [7, 11) is -3.67. The molecular weight excluding hydrogens is 549 g/mol. The van der Waals surface area contributed by atoms with E-state index < -0.39 is 33.7 Å². The highest BCUT2D eigenvalue weighted by atomic mass is 32.2. The lowest BCUT2D eigenvalue weighted by molar-refractivity contribution is -0.139. The van der Waals surface area contributed by atoms with Crippen molar-refractivity contribution in [2.24, 2.45) is 0 Å². The highest BCUT2D eigenvalue weighted by Crippen LogP contribution is 2.36. The number of ether oxygens (including phenoxy) is 2. The molecule has 1 aromatic heterocycles. The molecule has 6 rings (SSSR count). The Kier molecular flexibility index (Phi) is 7.53. The molecule has 2 bridgehead atoms. The Morgan fingerprint density at radius 3 is 2.35 bits per heavy atom. The SMILES string of the molecule is O=S(=O)(c1ccc(N2CC3CCC(C2)N3)cc1)N1CCC(Nc2ncc(C(F)(F)F)c(O[C@H]3CCOC3)n2)CC1. The summed E-state index contributed by atoms with van der Waals surface area (Å²) in [6.45, 7) is 3.02. The summed E-state index contributed by atoms with van der Waals surface area (Å²) in [4.78, 5) is 10.4. The van der Waals surface area contributed by atoms with Gasteiger partial charge in [0, 0.05) is 62.6 Å². The van der Waals surface area contributed by atoms with Crippen LogP contribution >= 0.6 is 0 Å². The lowest BCUT2D eigenvalue weighted by atomic mass is 10.1. The first-order valence-electron chi connectivity index (χ1n) is 13.7. The van der Waals surface area contributed by atoms with Gasteiger partial charge in [0.05, 0.1) is 18.1 Å². The van der Waals surface area contributed by atoms with Crippen LogP contribution in [0.1, 0.15) is 37.7 Å². The fraction of sp³-hybridized carbons (Fsp3) is 0.615. The van der Waals surface area contributed by atoms with Gasteiger partial charge in [-0.25, -0.2) is 13.4 Å². The molecule has 0 spiro atoms. The number of anilines is 2. The van der Waals surface area contributed by atoms with Gasteiger partial charge >= 0.3 is 6.18 Å². The van der Waals surface area contributed by atoms with Crippen molar-refractivity contribution in [2.45, 2.75) is 67.4 Å². The van der Waals surface area contributed by atoms with Crippen LogP contribution < -0.4 is 20.3 Å². The van der Waals surface area contributed by atoms with Gasteiger partial charge in [-0.1, -0.05) is 0 Å². The zero-order valence-electron chi connectivity index (χ0n) is 21.9. The van der Waals surface area contributed by atoms with E-state index in [0.717, 1.165) is 25.0 Å². The topological polar surface area (TPSA) is 109 Å². The number of sulfonamides is 1. The van der Waals surface area contributed by atoms with E-state index in [1.807, 2.05) is 12.1 Å². The summed E-state index contributed by atoms with van der Waals surface area (Å²) >= 11 is 0. The number of fused-ring (bicyclic) bond motifs is 2. The van der Waals surface area contributed by atoms with E-state index in [-0.39, 0.29) is 36.6 Å². The summed E-state index contributed by atoms with van der Waals surface area (Å²) in [6, 6.07) is 7.89. The van der Waals surface area contributed by atoms with Crippen molar-refractivity contribution in [3.8, 4) is 5.88 Å². The van der Waals surface area contributed by atoms with Crippen LogP contribution in [0, 0.1) is 0 Å². The van der Waals surface area contributed by atoms with Crippen molar-refractivity contribution in [3.63, 3.8) is 0 Å². The highest BCUT2D eigenvalue weighted by Gasteiger charge is 2.38. The van der Waals surface area contributed by atoms with E-state index >= 15 is 0 Å². The third-order valence-electron chi connectivity index (χ3n) is 8.07. The third-order valence-corrected chi connectivity index (χ3v) is 9.98. The number of piperidine rings is 1. The molecule has 4 aliphatic rings. The average Bonchev–Trinajstić information content (AvgIpc) is 3.57. The Bertz CT molecular complexity index is 1290. The fourth-order valence-corrected chi connectivity index (χ4v) is 7.36. The maximum atomic E-state index is 13.5. The molecule has 10 nitrogen and oxygen atoms in total. The Morgan fingerprint density at radius 1 is 1.02 bits per heavy atom. The molecule has 0 aliphatic carbocycles. The summed E-state index contributed by atoms with van der Waals surface area (Å²) in [5.41, 5.74) is -0.0122. The molecule has 4 saturated heterocycles. The van der Waals surface area contributed by atoms with Crippen molar-refractivity contribution in [3.05, 3.63) is 36.0 Å². The lowest BCUT2D eigenvalue weighted by Gasteiger charge is -2.35. The molecule has 1 aromatic carbocycles. The predicted octanol–water partition coefficient (Wildman–Crippen LogP) is 2.87. The van der Waals surface area contributed by atoms with Crippen molar-refractivity contribution >= 4 is 21.7 Å². The van der Waals surface area contributed by atoms with Gasteiger partial charge in [0.2, 0.25) is 21.9 Å². The lowest BCUT2D eigenvalue weighted by Crippen LogP contribution is -2.51. The number of aromatic nitrogens is 2. The number of nitrogens with one attached hydrogen (secondary N) is 2. The predicted molar refractivity (Wildman–Crippen MR) is 141 cm³/mol. The van der Waals surface area contributed by atoms with E-state index in [4.69, 9.17) is 9.47 Å². The van der Waals surface area contributed by atoms with Gasteiger partial charge in [0.25, 0.3) is 0 Å². The Balaban J connectivity index is 1.07. The molecular formula is C26H33F3N6O4S. The van der Waals surface area contributed by atoms with Gasteiger partial charge in [-0.3, -0.25) is 0 Å². The second-order valence-electron chi connectivity index (χ2n) is 10.9. The first-order chi connectivity index (χ1) is 19.1. The van der Waals surface area contributed by atoms with Crippen molar-refractivity contribution in [1.82, 2.24) is 19.6 Å². The zero-order valence-corrected chi connectivity index (χ0v) is 22.8. The van der Waals surface area contributed by atoms with Crippen LogP contribution in [0.15, 0.2) is 35.4 Å². The molecule has 2 aromatic rings. The zero-order chi connectivity index (χ0) is 27.9.